The highest BCUT2D eigenvalue weighted by Crippen LogP contribution is 2.22. The first-order valence-electron chi connectivity index (χ1n) is 8.69. The molecule has 0 unspecified atom stereocenters. The van der Waals surface area contributed by atoms with E-state index in [1.165, 1.54) is 10.4 Å². The smallest absolute Gasteiger partial charge is 0.253 e. The molecular weight excluding hydrogens is 362 g/mol. The number of carbonyl (C=O) groups excluding carboxylic acids is 1. The van der Waals surface area contributed by atoms with E-state index in [0.29, 0.717) is 31.7 Å². The van der Waals surface area contributed by atoms with Crippen molar-refractivity contribution < 1.29 is 13.2 Å². The number of nitrogens with one attached hydrogen (secondary N) is 1. The zero-order valence-corrected chi connectivity index (χ0v) is 15.9. The Labute approximate surface area is 156 Å². The maximum absolute atomic E-state index is 12.8. The largest absolute Gasteiger partial charge is 0.337 e. The molecule has 0 bridgehead atoms. The summed E-state index contributed by atoms with van der Waals surface area (Å²) in [7, 11) is -3.51. The normalized spacial score (nSPS) is 19.8. The molecule has 1 aromatic carbocycles. The third-order valence-corrected chi connectivity index (χ3v) is 6.56. The van der Waals surface area contributed by atoms with Crippen molar-refractivity contribution in [2.24, 2.45) is 0 Å². The van der Waals surface area contributed by atoms with Crippen LogP contribution in [0.15, 0.2) is 29.2 Å². The Bertz CT molecular complexity index is 682. The van der Waals surface area contributed by atoms with Crippen LogP contribution in [0.5, 0.6) is 0 Å². The highest BCUT2D eigenvalue weighted by molar-refractivity contribution is 7.89. The van der Waals surface area contributed by atoms with Gasteiger partial charge in [-0.2, -0.15) is 4.31 Å². The van der Waals surface area contributed by atoms with Crippen LogP contribution >= 0.6 is 12.4 Å². The molecule has 2 aliphatic heterocycles. The molecule has 0 spiro atoms. The van der Waals surface area contributed by atoms with E-state index in [9.17, 15) is 13.2 Å². The number of rotatable bonds is 3. The number of nitrogens with zero attached hydrogens (tertiary/aromatic N) is 2. The van der Waals surface area contributed by atoms with Gasteiger partial charge in [-0.1, -0.05) is 12.5 Å². The Morgan fingerprint density at radius 1 is 0.960 bits per heavy atom. The fraction of sp³-hybridized carbons (Fsp3) is 0.588. The molecule has 1 N–H and O–H groups in total. The monoisotopic (exact) mass is 387 g/mol. The maximum Gasteiger partial charge on any atom is 0.253 e. The molecule has 0 aliphatic carbocycles. The first kappa shape index (κ1) is 20.2. The van der Waals surface area contributed by atoms with Crippen LogP contribution in [0.25, 0.3) is 0 Å². The van der Waals surface area contributed by atoms with Crippen molar-refractivity contribution in [2.45, 2.75) is 30.6 Å². The number of carbonyl (C=O) groups is 1. The minimum atomic E-state index is -3.51. The second kappa shape index (κ2) is 8.98. The van der Waals surface area contributed by atoms with Crippen molar-refractivity contribution in [1.82, 2.24) is 14.5 Å². The van der Waals surface area contributed by atoms with Crippen LogP contribution in [0.4, 0.5) is 0 Å². The van der Waals surface area contributed by atoms with Gasteiger partial charge in [0, 0.05) is 38.3 Å². The summed E-state index contributed by atoms with van der Waals surface area (Å²) < 4.78 is 27.1. The minimum absolute atomic E-state index is 0. The van der Waals surface area contributed by atoms with Gasteiger partial charge in [-0.15, -0.1) is 12.4 Å². The predicted molar refractivity (Wildman–Crippen MR) is 99.7 cm³/mol. The van der Waals surface area contributed by atoms with Crippen LogP contribution in [-0.4, -0.2) is 62.8 Å². The number of halogens is 1. The standard InChI is InChI=1S/C17H25N3O3S.ClH/c21-17(19-10-5-8-18-9-13-19)15-6-4-7-16(14-15)24(22,23)20-11-2-1-3-12-20;/h4,6-7,14,18H,1-3,5,8-13H2;1H. The Morgan fingerprint density at radius 3 is 2.48 bits per heavy atom. The van der Waals surface area contributed by atoms with Gasteiger partial charge in [0.15, 0.2) is 0 Å². The summed E-state index contributed by atoms with van der Waals surface area (Å²) in [5.41, 5.74) is 0.454. The lowest BCUT2D eigenvalue weighted by molar-refractivity contribution is 0.0766. The van der Waals surface area contributed by atoms with Gasteiger partial charge in [-0.3, -0.25) is 4.79 Å². The minimum Gasteiger partial charge on any atom is -0.337 e. The van der Waals surface area contributed by atoms with Gasteiger partial charge < -0.3 is 10.2 Å². The van der Waals surface area contributed by atoms with Crippen molar-refractivity contribution in [3.8, 4) is 0 Å². The lowest BCUT2D eigenvalue weighted by atomic mass is 10.2. The zero-order valence-electron chi connectivity index (χ0n) is 14.3. The van der Waals surface area contributed by atoms with E-state index >= 15 is 0 Å². The summed E-state index contributed by atoms with van der Waals surface area (Å²) in [5, 5.41) is 3.27. The summed E-state index contributed by atoms with van der Waals surface area (Å²) in [6, 6.07) is 6.49. The first-order valence-corrected chi connectivity index (χ1v) is 10.1. The van der Waals surface area contributed by atoms with E-state index in [-0.39, 0.29) is 23.2 Å². The second-order valence-corrected chi connectivity index (χ2v) is 8.33. The lowest BCUT2D eigenvalue weighted by Gasteiger charge is -2.26. The van der Waals surface area contributed by atoms with Gasteiger partial charge in [0.2, 0.25) is 10.0 Å². The van der Waals surface area contributed by atoms with Crippen molar-refractivity contribution >= 4 is 28.3 Å². The highest BCUT2D eigenvalue weighted by Gasteiger charge is 2.27. The number of piperidine rings is 1. The van der Waals surface area contributed by atoms with E-state index in [1.54, 1.807) is 23.1 Å². The Balaban J connectivity index is 0.00000225. The Morgan fingerprint density at radius 2 is 1.72 bits per heavy atom. The molecule has 2 saturated heterocycles. The summed E-state index contributed by atoms with van der Waals surface area (Å²) in [4.78, 5) is 14.7. The van der Waals surface area contributed by atoms with Crippen molar-refractivity contribution in [3.63, 3.8) is 0 Å². The molecule has 1 amide bonds. The molecule has 0 radical (unpaired) electrons. The summed E-state index contributed by atoms with van der Waals surface area (Å²) >= 11 is 0. The van der Waals surface area contributed by atoms with Crippen molar-refractivity contribution in [2.75, 3.05) is 39.3 Å². The zero-order chi connectivity index (χ0) is 17.0. The van der Waals surface area contributed by atoms with Gasteiger partial charge in [0.1, 0.15) is 0 Å². The summed E-state index contributed by atoms with van der Waals surface area (Å²) in [6.07, 6.45) is 3.79. The van der Waals surface area contributed by atoms with Crippen molar-refractivity contribution in [3.05, 3.63) is 29.8 Å². The van der Waals surface area contributed by atoms with Crippen molar-refractivity contribution in [1.29, 1.82) is 0 Å². The van der Waals surface area contributed by atoms with Gasteiger partial charge in [-0.25, -0.2) is 8.42 Å². The van der Waals surface area contributed by atoms with E-state index < -0.39 is 10.0 Å². The van der Waals surface area contributed by atoms with E-state index in [1.807, 2.05) is 0 Å². The summed E-state index contributed by atoms with van der Waals surface area (Å²) in [5.74, 6) is -0.0885. The molecule has 8 heteroatoms. The quantitative estimate of drug-likeness (QED) is 0.857. The number of hydrogen-bond donors (Lipinski definition) is 1. The molecule has 1 aromatic rings. The molecule has 6 nitrogen and oxygen atoms in total. The van der Waals surface area contributed by atoms with Gasteiger partial charge >= 0.3 is 0 Å². The van der Waals surface area contributed by atoms with Crippen LogP contribution in [0.1, 0.15) is 36.0 Å². The number of sulfonamides is 1. The third-order valence-electron chi connectivity index (χ3n) is 4.66. The number of benzene rings is 1. The van der Waals surface area contributed by atoms with Crippen LogP contribution in [0.3, 0.4) is 0 Å². The Hall–Kier alpha value is -1.15. The van der Waals surface area contributed by atoms with Crippen LogP contribution < -0.4 is 5.32 Å². The van der Waals surface area contributed by atoms with Gasteiger partial charge in [-0.05, 0) is 44.0 Å². The Kier molecular flexibility index (Phi) is 7.25. The summed E-state index contributed by atoms with van der Waals surface area (Å²) in [6.45, 7) is 4.18. The lowest BCUT2D eigenvalue weighted by Crippen LogP contribution is -2.36. The van der Waals surface area contributed by atoms with Crippen LogP contribution in [-0.2, 0) is 10.0 Å². The van der Waals surface area contributed by atoms with Crippen LogP contribution in [0, 0.1) is 0 Å². The van der Waals surface area contributed by atoms with Gasteiger partial charge in [0.25, 0.3) is 5.91 Å². The molecule has 25 heavy (non-hydrogen) atoms. The number of amides is 1. The second-order valence-electron chi connectivity index (χ2n) is 6.39. The topological polar surface area (TPSA) is 69.7 Å². The predicted octanol–water partition coefficient (Wildman–Crippen LogP) is 1.72. The first-order chi connectivity index (χ1) is 11.6. The molecule has 3 rings (SSSR count). The molecule has 0 aromatic heterocycles. The molecule has 140 valence electrons. The fourth-order valence-electron chi connectivity index (χ4n) is 3.28. The van der Waals surface area contributed by atoms with Gasteiger partial charge in [0.05, 0.1) is 4.90 Å². The third kappa shape index (κ3) is 4.73. The average Bonchev–Trinajstić information content (AvgIpc) is 2.91. The molecule has 2 heterocycles. The molecule has 0 saturated carbocycles. The molecular formula is C17H26ClN3O3S. The number of hydrogen-bond acceptors (Lipinski definition) is 4. The maximum atomic E-state index is 12.8. The average molecular weight is 388 g/mol. The molecule has 2 aliphatic rings. The molecule has 2 fully saturated rings. The molecule has 0 atom stereocenters. The fourth-order valence-corrected chi connectivity index (χ4v) is 4.84. The van der Waals surface area contributed by atoms with E-state index in [2.05, 4.69) is 5.32 Å². The van der Waals surface area contributed by atoms with E-state index in [0.717, 1.165) is 38.8 Å². The van der Waals surface area contributed by atoms with Crippen LogP contribution in [0.2, 0.25) is 0 Å². The highest BCUT2D eigenvalue weighted by atomic mass is 35.5. The SMILES string of the molecule is Cl.O=C(c1cccc(S(=O)(=O)N2CCCCC2)c1)N1CCCNCC1. The van der Waals surface area contributed by atoms with E-state index in [4.69, 9.17) is 0 Å².